The minimum Gasteiger partial charge on any atom is -0.347 e. The molecule has 4 nitrogen and oxygen atoms in total. The van der Waals surface area contributed by atoms with Crippen LogP contribution in [0.15, 0.2) is 53.4 Å². The van der Waals surface area contributed by atoms with Crippen LogP contribution >= 0.6 is 11.8 Å². The second-order valence-electron chi connectivity index (χ2n) is 7.31. The van der Waals surface area contributed by atoms with E-state index < -0.39 is 0 Å². The van der Waals surface area contributed by atoms with Gasteiger partial charge in [0.2, 0.25) is 5.91 Å². The number of hydrogen-bond donors (Lipinski definition) is 2. The average Bonchev–Trinajstić information content (AvgIpc) is 2.55. The quantitative estimate of drug-likeness (QED) is 0.754. The maximum atomic E-state index is 12.6. The number of para-hydroxylation sites is 1. The fraction of sp³-hybridized carbons (Fsp3) is 0.333. The minimum absolute atomic E-state index is 0.133. The van der Waals surface area contributed by atoms with Gasteiger partial charge < -0.3 is 10.6 Å². The summed E-state index contributed by atoms with van der Waals surface area (Å²) in [6.07, 6.45) is 0. The van der Waals surface area contributed by atoms with Crippen molar-refractivity contribution in [1.29, 1.82) is 0 Å². The first-order valence-corrected chi connectivity index (χ1v) is 9.49. The molecular weight excluding hydrogens is 344 g/mol. The van der Waals surface area contributed by atoms with Crippen molar-refractivity contribution in [3.8, 4) is 0 Å². The number of hydrogen-bond acceptors (Lipinski definition) is 3. The van der Waals surface area contributed by atoms with Crippen molar-refractivity contribution >= 4 is 29.3 Å². The van der Waals surface area contributed by atoms with Gasteiger partial charge in [-0.05, 0) is 58.9 Å². The number of thioether (sulfide) groups is 1. The van der Waals surface area contributed by atoms with Gasteiger partial charge in [-0.1, -0.05) is 29.8 Å². The molecule has 2 rings (SSSR count). The second-order valence-corrected chi connectivity index (χ2v) is 8.73. The first-order chi connectivity index (χ1) is 12.2. The number of nitrogens with one attached hydrogen (secondary N) is 2. The molecule has 2 amide bonds. The van der Waals surface area contributed by atoms with Crippen LogP contribution in [0.3, 0.4) is 0 Å². The number of carbonyl (C=O) groups excluding carboxylic acids is 2. The van der Waals surface area contributed by atoms with Crippen molar-refractivity contribution in [3.05, 3.63) is 59.7 Å². The van der Waals surface area contributed by atoms with Gasteiger partial charge in [0.15, 0.2) is 0 Å². The van der Waals surface area contributed by atoms with Crippen molar-refractivity contribution < 1.29 is 9.59 Å². The molecule has 0 aromatic heterocycles. The lowest BCUT2D eigenvalue weighted by Crippen LogP contribution is -2.41. The fourth-order valence-corrected chi connectivity index (χ4v) is 3.17. The third kappa shape index (κ3) is 5.92. The molecular formula is C21H26N2O2S. The summed E-state index contributed by atoms with van der Waals surface area (Å²) in [5.41, 5.74) is 1.83. The predicted octanol–water partition coefficient (Wildman–Crippen LogP) is 4.64. The van der Waals surface area contributed by atoms with Crippen LogP contribution in [0, 0.1) is 6.92 Å². The molecule has 0 unspecified atom stereocenters. The molecule has 138 valence electrons. The van der Waals surface area contributed by atoms with E-state index in [4.69, 9.17) is 0 Å². The summed E-state index contributed by atoms with van der Waals surface area (Å²) in [6, 6.07) is 15.1. The number of aryl methyl sites for hydroxylation is 1. The fourth-order valence-electron chi connectivity index (χ4n) is 2.31. The molecule has 2 N–H and O–H groups in total. The molecule has 0 heterocycles. The van der Waals surface area contributed by atoms with E-state index in [0.717, 1.165) is 4.90 Å². The normalized spacial score (nSPS) is 12.3. The summed E-state index contributed by atoms with van der Waals surface area (Å²) >= 11 is 1.49. The molecule has 0 saturated carbocycles. The minimum atomic E-state index is -0.344. The Morgan fingerprint density at radius 2 is 1.62 bits per heavy atom. The van der Waals surface area contributed by atoms with E-state index in [1.54, 1.807) is 24.3 Å². The third-order valence-electron chi connectivity index (χ3n) is 3.62. The maximum Gasteiger partial charge on any atom is 0.253 e. The molecule has 0 aliphatic rings. The van der Waals surface area contributed by atoms with Gasteiger partial charge in [0.1, 0.15) is 0 Å². The molecule has 0 aliphatic heterocycles. The van der Waals surface area contributed by atoms with Gasteiger partial charge in [-0.15, -0.1) is 11.8 Å². The van der Waals surface area contributed by atoms with Crippen LogP contribution in [-0.2, 0) is 4.79 Å². The number of amides is 2. The molecule has 0 aliphatic carbocycles. The highest BCUT2D eigenvalue weighted by molar-refractivity contribution is 8.00. The van der Waals surface area contributed by atoms with Crippen molar-refractivity contribution in [1.82, 2.24) is 5.32 Å². The average molecular weight is 371 g/mol. The molecule has 0 saturated heterocycles. The van der Waals surface area contributed by atoms with Gasteiger partial charge in [0.05, 0.1) is 16.5 Å². The van der Waals surface area contributed by atoms with Crippen molar-refractivity contribution in [2.75, 3.05) is 5.32 Å². The lowest BCUT2D eigenvalue weighted by Gasteiger charge is -2.22. The lowest BCUT2D eigenvalue weighted by molar-refractivity contribution is -0.115. The van der Waals surface area contributed by atoms with Crippen LogP contribution < -0.4 is 10.6 Å². The smallest absolute Gasteiger partial charge is 0.253 e. The molecule has 0 bridgehead atoms. The van der Waals surface area contributed by atoms with E-state index in [1.165, 1.54) is 17.3 Å². The van der Waals surface area contributed by atoms with E-state index >= 15 is 0 Å². The maximum absolute atomic E-state index is 12.6. The van der Waals surface area contributed by atoms with Crippen LogP contribution in [0.25, 0.3) is 0 Å². The zero-order chi connectivity index (χ0) is 19.3. The Bertz CT molecular complexity index is 779. The SMILES string of the molecule is Cc1ccc(S[C@H](C)C(=O)Nc2ccccc2C(=O)NC(C)(C)C)cc1. The Hall–Kier alpha value is -2.27. The van der Waals surface area contributed by atoms with Gasteiger partial charge in [0.25, 0.3) is 5.91 Å². The number of carbonyl (C=O) groups is 2. The van der Waals surface area contributed by atoms with E-state index in [-0.39, 0.29) is 22.6 Å². The van der Waals surface area contributed by atoms with Gasteiger partial charge in [-0.25, -0.2) is 0 Å². The largest absolute Gasteiger partial charge is 0.347 e. The Labute approximate surface area is 159 Å². The standard InChI is InChI=1S/C21H26N2O2S/c1-14-10-12-16(13-11-14)26-15(2)19(24)22-18-9-7-6-8-17(18)20(25)23-21(3,4)5/h6-13,15H,1-5H3,(H,22,24)(H,23,25)/t15-/m1/s1. The summed E-state index contributed by atoms with van der Waals surface area (Å²) in [7, 11) is 0. The summed E-state index contributed by atoms with van der Waals surface area (Å²) in [5.74, 6) is -0.334. The number of benzene rings is 2. The molecule has 2 aromatic carbocycles. The Morgan fingerprint density at radius 1 is 1.00 bits per heavy atom. The summed E-state index contributed by atoms with van der Waals surface area (Å²) < 4.78 is 0. The van der Waals surface area contributed by atoms with E-state index in [9.17, 15) is 9.59 Å². The topological polar surface area (TPSA) is 58.2 Å². The number of anilines is 1. The lowest BCUT2D eigenvalue weighted by atomic mass is 10.1. The monoisotopic (exact) mass is 370 g/mol. The Balaban J connectivity index is 2.08. The highest BCUT2D eigenvalue weighted by Crippen LogP contribution is 2.25. The van der Waals surface area contributed by atoms with Gasteiger partial charge in [-0.2, -0.15) is 0 Å². The third-order valence-corrected chi connectivity index (χ3v) is 4.73. The van der Waals surface area contributed by atoms with Crippen molar-refractivity contribution in [2.45, 2.75) is 50.3 Å². The highest BCUT2D eigenvalue weighted by atomic mass is 32.2. The van der Waals surface area contributed by atoms with Gasteiger partial charge in [-0.3, -0.25) is 9.59 Å². The molecule has 0 radical (unpaired) electrons. The molecule has 1 atom stereocenters. The Kier molecular flexibility index (Phi) is 6.48. The highest BCUT2D eigenvalue weighted by Gasteiger charge is 2.20. The first kappa shape index (κ1) is 20.0. The van der Waals surface area contributed by atoms with Crippen molar-refractivity contribution in [3.63, 3.8) is 0 Å². The zero-order valence-electron chi connectivity index (χ0n) is 15.9. The van der Waals surface area contributed by atoms with Crippen LogP contribution in [0.5, 0.6) is 0 Å². The zero-order valence-corrected chi connectivity index (χ0v) is 16.7. The summed E-state index contributed by atoms with van der Waals surface area (Å²) in [5, 5.41) is 5.53. The van der Waals surface area contributed by atoms with E-state index in [2.05, 4.69) is 10.6 Å². The molecule has 0 spiro atoms. The molecule has 2 aromatic rings. The predicted molar refractivity (Wildman–Crippen MR) is 109 cm³/mol. The molecule has 26 heavy (non-hydrogen) atoms. The van der Waals surface area contributed by atoms with Crippen LogP contribution in [0.2, 0.25) is 0 Å². The van der Waals surface area contributed by atoms with E-state index in [0.29, 0.717) is 11.3 Å². The summed E-state index contributed by atoms with van der Waals surface area (Å²) in [6.45, 7) is 9.66. The summed E-state index contributed by atoms with van der Waals surface area (Å²) in [4.78, 5) is 26.1. The molecule has 0 fully saturated rings. The van der Waals surface area contributed by atoms with Crippen LogP contribution in [0.1, 0.15) is 43.6 Å². The van der Waals surface area contributed by atoms with Crippen molar-refractivity contribution in [2.24, 2.45) is 0 Å². The van der Waals surface area contributed by atoms with Crippen LogP contribution in [-0.4, -0.2) is 22.6 Å². The first-order valence-electron chi connectivity index (χ1n) is 8.61. The second kappa shape index (κ2) is 8.41. The van der Waals surface area contributed by atoms with Crippen LogP contribution in [0.4, 0.5) is 5.69 Å². The Morgan fingerprint density at radius 3 is 2.23 bits per heavy atom. The number of rotatable bonds is 5. The molecule has 5 heteroatoms. The van der Waals surface area contributed by atoms with Gasteiger partial charge >= 0.3 is 0 Å². The van der Waals surface area contributed by atoms with Gasteiger partial charge in [0, 0.05) is 10.4 Å². The van der Waals surface area contributed by atoms with E-state index in [1.807, 2.05) is 58.9 Å².